The summed E-state index contributed by atoms with van der Waals surface area (Å²) < 4.78 is 10.9. The van der Waals surface area contributed by atoms with Crippen LogP contribution in [0.1, 0.15) is 12.5 Å². The van der Waals surface area contributed by atoms with E-state index < -0.39 is 12.1 Å². The van der Waals surface area contributed by atoms with E-state index in [9.17, 15) is 4.79 Å². The number of esters is 1. The van der Waals surface area contributed by atoms with Gasteiger partial charge >= 0.3 is 5.97 Å². The zero-order valence-electron chi connectivity index (χ0n) is 14.3. The monoisotopic (exact) mass is 343 g/mol. The zero-order valence-corrected chi connectivity index (χ0v) is 14.3. The van der Waals surface area contributed by atoms with Gasteiger partial charge in [0.2, 0.25) is 0 Å². The SMILES string of the molecule is C[C@H](Oc1ccccc1)C(=O)Oc1ccc(-c2ccc(C#N)cc2)cc1. The molecule has 4 nitrogen and oxygen atoms in total. The molecule has 0 amide bonds. The smallest absolute Gasteiger partial charge is 0.352 e. The molecule has 26 heavy (non-hydrogen) atoms. The molecule has 0 saturated heterocycles. The normalized spacial score (nSPS) is 11.2. The summed E-state index contributed by atoms with van der Waals surface area (Å²) >= 11 is 0. The summed E-state index contributed by atoms with van der Waals surface area (Å²) in [5.41, 5.74) is 2.58. The van der Waals surface area contributed by atoms with Crippen molar-refractivity contribution >= 4 is 5.97 Å². The molecule has 0 aromatic heterocycles. The summed E-state index contributed by atoms with van der Waals surface area (Å²) in [5.74, 6) is 0.615. The van der Waals surface area contributed by atoms with Crippen LogP contribution in [0.25, 0.3) is 11.1 Å². The van der Waals surface area contributed by atoms with Crippen LogP contribution in [0.3, 0.4) is 0 Å². The summed E-state index contributed by atoms with van der Waals surface area (Å²) in [7, 11) is 0. The highest BCUT2D eigenvalue weighted by Crippen LogP contribution is 2.23. The molecule has 3 aromatic rings. The molecule has 0 spiro atoms. The van der Waals surface area contributed by atoms with Crippen molar-refractivity contribution in [3.05, 3.63) is 84.4 Å². The molecule has 0 saturated carbocycles. The largest absolute Gasteiger partial charge is 0.479 e. The first kappa shape index (κ1) is 17.2. The van der Waals surface area contributed by atoms with Crippen LogP contribution in [0, 0.1) is 11.3 Å². The van der Waals surface area contributed by atoms with Crippen molar-refractivity contribution in [2.45, 2.75) is 13.0 Å². The highest BCUT2D eigenvalue weighted by atomic mass is 16.6. The Morgan fingerprint density at radius 2 is 1.42 bits per heavy atom. The number of nitriles is 1. The van der Waals surface area contributed by atoms with E-state index in [-0.39, 0.29) is 0 Å². The lowest BCUT2D eigenvalue weighted by molar-refractivity contribution is -0.141. The van der Waals surface area contributed by atoms with Gasteiger partial charge in [0.1, 0.15) is 11.5 Å². The van der Waals surface area contributed by atoms with Crippen LogP contribution in [-0.2, 0) is 4.79 Å². The molecule has 0 N–H and O–H groups in total. The number of para-hydroxylation sites is 1. The minimum Gasteiger partial charge on any atom is -0.479 e. The van der Waals surface area contributed by atoms with Gasteiger partial charge in [-0.2, -0.15) is 5.26 Å². The van der Waals surface area contributed by atoms with Crippen LogP contribution in [0.4, 0.5) is 0 Å². The Morgan fingerprint density at radius 3 is 2.00 bits per heavy atom. The predicted molar refractivity (Wildman–Crippen MR) is 98.8 cm³/mol. The van der Waals surface area contributed by atoms with Gasteiger partial charge in [-0.15, -0.1) is 0 Å². The molecular weight excluding hydrogens is 326 g/mol. The quantitative estimate of drug-likeness (QED) is 0.502. The summed E-state index contributed by atoms with van der Waals surface area (Å²) in [6.45, 7) is 1.65. The lowest BCUT2D eigenvalue weighted by atomic mass is 10.0. The molecule has 0 bridgehead atoms. The Kier molecular flexibility index (Phi) is 5.31. The van der Waals surface area contributed by atoms with Crippen molar-refractivity contribution < 1.29 is 14.3 Å². The number of carbonyl (C=O) groups excluding carboxylic acids is 1. The van der Waals surface area contributed by atoms with E-state index in [1.807, 2.05) is 42.5 Å². The maximum absolute atomic E-state index is 12.2. The Labute approximate surface area is 152 Å². The third-order valence-corrected chi connectivity index (χ3v) is 3.81. The number of ether oxygens (including phenoxy) is 2. The molecule has 0 unspecified atom stereocenters. The van der Waals surface area contributed by atoms with Crippen molar-refractivity contribution in [2.75, 3.05) is 0 Å². The van der Waals surface area contributed by atoms with Crippen molar-refractivity contribution in [1.29, 1.82) is 5.26 Å². The van der Waals surface area contributed by atoms with Gasteiger partial charge < -0.3 is 9.47 Å². The molecule has 0 radical (unpaired) electrons. The van der Waals surface area contributed by atoms with Crippen LogP contribution < -0.4 is 9.47 Å². The number of hydrogen-bond acceptors (Lipinski definition) is 4. The van der Waals surface area contributed by atoms with E-state index in [1.54, 1.807) is 43.3 Å². The van der Waals surface area contributed by atoms with Crippen LogP contribution in [0.15, 0.2) is 78.9 Å². The number of rotatable bonds is 5. The second-order valence-electron chi connectivity index (χ2n) is 5.71. The maximum atomic E-state index is 12.2. The van der Waals surface area contributed by atoms with E-state index in [4.69, 9.17) is 14.7 Å². The minimum atomic E-state index is -0.712. The van der Waals surface area contributed by atoms with Gasteiger partial charge in [-0.05, 0) is 54.4 Å². The van der Waals surface area contributed by atoms with Gasteiger partial charge in [0.15, 0.2) is 6.10 Å². The van der Waals surface area contributed by atoms with E-state index in [1.165, 1.54) is 0 Å². The average Bonchev–Trinajstić information content (AvgIpc) is 2.69. The molecule has 3 aromatic carbocycles. The predicted octanol–water partition coefficient (Wildman–Crippen LogP) is 4.60. The standard InChI is InChI=1S/C22H17NO3/c1-16(25-20-5-3-2-4-6-20)22(24)26-21-13-11-19(12-14-21)18-9-7-17(15-23)8-10-18/h2-14,16H,1H3/t16-/m0/s1. The van der Waals surface area contributed by atoms with Crippen LogP contribution >= 0.6 is 0 Å². The number of hydrogen-bond donors (Lipinski definition) is 0. The Balaban J connectivity index is 1.63. The lowest BCUT2D eigenvalue weighted by Crippen LogP contribution is -2.28. The highest BCUT2D eigenvalue weighted by Gasteiger charge is 2.17. The van der Waals surface area contributed by atoms with Gasteiger partial charge in [0.25, 0.3) is 0 Å². The van der Waals surface area contributed by atoms with E-state index in [0.717, 1.165) is 11.1 Å². The van der Waals surface area contributed by atoms with Crippen molar-refractivity contribution in [3.8, 4) is 28.7 Å². The van der Waals surface area contributed by atoms with E-state index in [0.29, 0.717) is 17.1 Å². The van der Waals surface area contributed by atoms with Crippen LogP contribution in [-0.4, -0.2) is 12.1 Å². The fourth-order valence-corrected chi connectivity index (χ4v) is 2.40. The van der Waals surface area contributed by atoms with Crippen molar-refractivity contribution in [3.63, 3.8) is 0 Å². The fraction of sp³-hybridized carbons (Fsp3) is 0.0909. The topological polar surface area (TPSA) is 59.3 Å². The zero-order chi connectivity index (χ0) is 18.4. The van der Waals surface area contributed by atoms with Gasteiger partial charge in [-0.1, -0.05) is 42.5 Å². The molecule has 0 aliphatic heterocycles. The van der Waals surface area contributed by atoms with Gasteiger partial charge in [-0.25, -0.2) is 4.79 Å². The number of nitrogens with zero attached hydrogens (tertiary/aromatic N) is 1. The first-order chi connectivity index (χ1) is 12.7. The fourth-order valence-electron chi connectivity index (χ4n) is 2.40. The summed E-state index contributed by atoms with van der Waals surface area (Å²) in [6.07, 6.45) is -0.712. The van der Waals surface area contributed by atoms with Gasteiger partial charge in [0.05, 0.1) is 11.6 Å². The summed E-state index contributed by atoms with van der Waals surface area (Å²) in [5, 5.41) is 8.85. The molecule has 1 atom stereocenters. The highest BCUT2D eigenvalue weighted by molar-refractivity contribution is 5.77. The lowest BCUT2D eigenvalue weighted by Gasteiger charge is -2.14. The molecule has 0 fully saturated rings. The summed E-state index contributed by atoms with van der Waals surface area (Å²) in [4.78, 5) is 12.2. The minimum absolute atomic E-state index is 0.455. The van der Waals surface area contributed by atoms with Crippen molar-refractivity contribution in [2.24, 2.45) is 0 Å². The van der Waals surface area contributed by atoms with Gasteiger partial charge in [0, 0.05) is 0 Å². The average molecular weight is 343 g/mol. The molecule has 3 rings (SSSR count). The first-order valence-corrected chi connectivity index (χ1v) is 8.20. The second-order valence-corrected chi connectivity index (χ2v) is 5.71. The Bertz CT molecular complexity index is 910. The maximum Gasteiger partial charge on any atom is 0.352 e. The van der Waals surface area contributed by atoms with Crippen LogP contribution in [0.5, 0.6) is 11.5 Å². The van der Waals surface area contributed by atoms with E-state index >= 15 is 0 Å². The third-order valence-electron chi connectivity index (χ3n) is 3.81. The molecule has 0 aliphatic rings. The van der Waals surface area contributed by atoms with E-state index in [2.05, 4.69) is 6.07 Å². The molecular formula is C22H17NO3. The third kappa shape index (κ3) is 4.28. The molecule has 0 heterocycles. The Hall–Kier alpha value is -3.58. The molecule has 128 valence electrons. The van der Waals surface area contributed by atoms with Crippen LogP contribution in [0.2, 0.25) is 0 Å². The number of benzene rings is 3. The summed E-state index contributed by atoms with van der Waals surface area (Å²) in [6, 6.07) is 25.8. The Morgan fingerprint density at radius 1 is 0.846 bits per heavy atom. The molecule has 0 aliphatic carbocycles. The second kappa shape index (κ2) is 8.00. The van der Waals surface area contributed by atoms with Gasteiger partial charge in [-0.3, -0.25) is 0 Å². The first-order valence-electron chi connectivity index (χ1n) is 8.20. The number of carbonyl (C=O) groups is 1. The van der Waals surface area contributed by atoms with Crippen molar-refractivity contribution in [1.82, 2.24) is 0 Å². The molecule has 4 heteroatoms.